The Morgan fingerprint density at radius 2 is 1.92 bits per heavy atom. The zero-order chi connectivity index (χ0) is 18.5. The number of benzene rings is 2. The Balaban J connectivity index is 1.63. The van der Waals surface area contributed by atoms with Gasteiger partial charge in [-0.25, -0.2) is 4.98 Å². The molecule has 3 aromatic rings. The molecule has 1 heterocycles. The number of para-hydroxylation sites is 1. The molecule has 0 bridgehead atoms. The molecule has 26 heavy (non-hydrogen) atoms. The van der Waals surface area contributed by atoms with E-state index in [9.17, 15) is 4.79 Å². The van der Waals surface area contributed by atoms with Gasteiger partial charge in [-0.3, -0.25) is 9.89 Å². The molecule has 0 unspecified atom stereocenters. The number of aromatic nitrogens is 3. The summed E-state index contributed by atoms with van der Waals surface area (Å²) in [7, 11) is 0. The third-order valence-corrected chi connectivity index (χ3v) is 4.88. The average molecular weight is 366 g/mol. The maximum absolute atomic E-state index is 12.4. The highest BCUT2D eigenvalue weighted by Crippen LogP contribution is 2.28. The maximum atomic E-state index is 12.4. The molecule has 1 amide bonds. The van der Waals surface area contributed by atoms with Crippen LogP contribution in [0.1, 0.15) is 30.9 Å². The minimum absolute atomic E-state index is 0.0581. The number of hydrogen-bond acceptors (Lipinski definition) is 4. The van der Waals surface area contributed by atoms with Crippen molar-refractivity contribution < 1.29 is 4.79 Å². The van der Waals surface area contributed by atoms with Crippen molar-refractivity contribution in [2.75, 3.05) is 11.1 Å². The Morgan fingerprint density at radius 1 is 1.15 bits per heavy atom. The lowest BCUT2D eigenvalue weighted by molar-refractivity contribution is -0.113. The molecule has 0 saturated carbocycles. The fourth-order valence-electron chi connectivity index (χ4n) is 2.68. The number of nitrogens with one attached hydrogen (secondary N) is 2. The number of thioether (sulfide) groups is 1. The number of amides is 1. The molecule has 0 aliphatic rings. The number of anilines is 1. The van der Waals surface area contributed by atoms with Gasteiger partial charge in [-0.1, -0.05) is 74.1 Å². The second kappa shape index (κ2) is 8.19. The van der Waals surface area contributed by atoms with Crippen LogP contribution in [0.2, 0.25) is 0 Å². The summed E-state index contributed by atoms with van der Waals surface area (Å²) >= 11 is 1.32. The van der Waals surface area contributed by atoms with Gasteiger partial charge in [0.1, 0.15) is 0 Å². The average Bonchev–Trinajstić information content (AvgIpc) is 3.11. The van der Waals surface area contributed by atoms with E-state index in [-0.39, 0.29) is 11.7 Å². The molecule has 1 aromatic heterocycles. The summed E-state index contributed by atoms with van der Waals surface area (Å²) in [5.74, 6) is 1.25. The van der Waals surface area contributed by atoms with Crippen molar-refractivity contribution in [2.24, 2.45) is 0 Å². The Bertz CT molecular complexity index is 890. The molecule has 0 aliphatic carbocycles. The standard InChI is InChI=1S/C20H22N4OS/c1-13(2)16-11-7-8-14(3)18(16)21-17(25)12-26-20-22-19(23-24-20)15-9-5-4-6-10-15/h4-11,13H,12H2,1-3H3,(H,21,25)(H,22,23,24). The van der Waals surface area contributed by atoms with E-state index >= 15 is 0 Å². The van der Waals surface area contributed by atoms with Crippen LogP contribution >= 0.6 is 11.8 Å². The van der Waals surface area contributed by atoms with Gasteiger partial charge in [0, 0.05) is 11.3 Å². The normalized spacial score (nSPS) is 10.9. The molecule has 2 N–H and O–H groups in total. The zero-order valence-electron chi connectivity index (χ0n) is 15.1. The van der Waals surface area contributed by atoms with Crippen LogP contribution in [0.25, 0.3) is 11.4 Å². The topological polar surface area (TPSA) is 70.7 Å². The predicted octanol–water partition coefficient (Wildman–Crippen LogP) is 4.63. The van der Waals surface area contributed by atoms with Crippen molar-refractivity contribution in [3.8, 4) is 11.4 Å². The van der Waals surface area contributed by atoms with Gasteiger partial charge in [-0.15, -0.1) is 5.10 Å². The molecular formula is C20H22N4OS. The van der Waals surface area contributed by atoms with Crippen molar-refractivity contribution in [3.05, 3.63) is 59.7 Å². The van der Waals surface area contributed by atoms with Gasteiger partial charge in [0.25, 0.3) is 0 Å². The SMILES string of the molecule is Cc1cccc(C(C)C)c1NC(=O)CSc1n[nH]c(-c2ccccc2)n1. The predicted molar refractivity (Wildman–Crippen MR) is 106 cm³/mol. The minimum Gasteiger partial charge on any atom is -0.325 e. The highest BCUT2D eigenvalue weighted by atomic mass is 32.2. The number of nitrogens with zero attached hydrogens (tertiary/aromatic N) is 2. The van der Waals surface area contributed by atoms with Crippen LogP contribution in [0.15, 0.2) is 53.7 Å². The Labute approximate surface area is 157 Å². The van der Waals surface area contributed by atoms with Crippen molar-refractivity contribution in [2.45, 2.75) is 31.8 Å². The lowest BCUT2D eigenvalue weighted by Crippen LogP contribution is -2.16. The molecule has 0 atom stereocenters. The van der Waals surface area contributed by atoms with Crippen LogP contribution in [-0.4, -0.2) is 26.8 Å². The fraction of sp³-hybridized carbons (Fsp3) is 0.250. The smallest absolute Gasteiger partial charge is 0.234 e. The van der Waals surface area contributed by atoms with E-state index in [0.717, 1.165) is 22.4 Å². The minimum atomic E-state index is -0.0581. The number of aryl methyl sites for hydroxylation is 1. The third kappa shape index (κ3) is 4.32. The van der Waals surface area contributed by atoms with Crippen molar-refractivity contribution in [1.82, 2.24) is 15.2 Å². The molecule has 134 valence electrons. The van der Waals surface area contributed by atoms with Gasteiger partial charge < -0.3 is 5.32 Å². The summed E-state index contributed by atoms with van der Waals surface area (Å²) in [5, 5.41) is 10.7. The number of carbonyl (C=O) groups excluding carboxylic acids is 1. The summed E-state index contributed by atoms with van der Waals surface area (Å²) < 4.78 is 0. The first kappa shape index (κ1) is 18.2. The van der Waals surface area contributed by atoms with Crippen molar-refractivity contribution in [3.63, 3.8) is 0 Å². The highest BCUT2D eigenvalue weighted by molar-refractivity contribution is 7.99. The molecule has 0 fully saturated rings. The van der Waals surface area contributed by atoms with Gasteiger partial charge >= 0.3 is 0 Å². The summed E-state index contributed by atoms with van der Waals surface area (Å²) in [5.41, 5.74) is 4.09. The van der Waals surface area contributed by atoms with E-state index in [2.05, 4.69) is 40.4 Å². The van der Waals surface area contributed by atoms with Gasteiger partial charge in [-0.2, -0.15) is 0 Å². The molecule has 0 radical (unpaired) electrons. The molecule has 2 aromatic carbocycles. The fourth-order valence-corrected chi connectivity index (χ4v) is 3.28. The number of hydrogen-bond donors (Lipinski definition) is 2. The number of aromatic amines is 1. The Morgan fingerprint density at radius 3 is 2.65 bits per heavy atom. The molecule has 0 saturated heterocycles. The monoisotopic (exact) mass is 366 g/mol. The number of carbonyl (C=O) groups is 1. The van der Waals surface area contributed by atoms with Crippen LogP contribution < -0.4 is 5.32 Å². The molecule has 0 spiro atoms. The lowest BCUT2D eigenvalue weighted by Gasteiger charge is -2.16. The van der Waals surface area contributed by atoms with E-state index in [4.69, 9.17) is 0 Å². The molecule has 0 aliphatic heterocycles. The first-order valence-corrected chi connectivity index (χ1v) is 9.53. The summed E-state index contributed by atoms with van der Waals surface area (Å²) in [6, 6.07) is 15.9. The van der Waals surface area contributed by atoms with Crippen LogP contribution in [-0.2, 0) is 4.79 Å². The molecule has 3 rings (SSSR count). The summed E-state index contributed by atoms with van der Waals surface area (Å²) in [6.45, 7) is 6.26. The van der Waals surface area contributed by atoms with Crippen molar-refractivity contribution >= 4 is 23.4 Å². The lowest BCUT2D eigenvalue weighted by atomic mass is 9.98. The van der Waals surface area contributed by atoms with E-state index < -0.39 is 0 Å². The first-order valence-electron chi connectivity index (χ1n) is 8.54. The van der Waals surface area contributed by atoms with Crippen LogP contribution in [0.5, 0.6) is 0 Å². The van der Waals surface area contributed by atoms with Gasteiger partial charge in [0.2, 0.25) is 11.1 Å². The Kier molecular flexibility index (Phi) is 5.73. The van der Waals surface area contributed by atoms with E-state index in [1.807, 2.05) is 49.4 Å². The van der Waals surface area contributed by atoms with E-state index in [1.54, 1.807) is 0 Å². The molecule has 5 nitrogen and oxygen atoms in total. The zero-order valence-corrected chi connectivity index (χ0v) is 15.9. The molecule has 6 heteroatoms. The Hall–Kier alpha value is -2.60. The third-order valence-electron chi connectivity index (χ3n) is 4.04. The van der Waals surface area contributed by atoms with Crippen molar-refractivity contribution in [1.29, 1.82) is 0 Å². The van der Waals surface area contributed by atoms with Crippen LogP contribution in [0.4, 0.5) is 5.69 Å². The maximum Gasteiger partial charge on any atom is 0.234 e. The first-order chi connectivity index (χ1) is 12.5. The van der Waals surface area contributed by atoms with Gasteiger partial charge in [-0.05, 0) is 24.0 Å². The summed E-state index contributed by atoms with van der Waals surface area (Å²) in [6.07, 6.45) is 0. The van der Waals surface area contributed by atoms with Crippen LogP contribution in [0.3, 0.4) is 0 Å². The van der Waals surface area contributed by atoms with E-state index in [0.29, 0.717) is 16.9 Å². The van der Waals surface area contributed by atoms with Gasteiger partial charge in [0.05, 0.1) is 5.75 Å². The van der Waals surface area contributed by atoms with Crippen LogP contribution in [0, 0.1) is 6.92 Å². The largest absolute Gasteiger partial charge is 0.325 e. The second-order valence-electron chi connectivity index (χ2n) is 6.36. The number of rotatable bonds is 6. The van der Waals surface area contributed by atoms with Gasteiger partial charge in [0.15, 0.2) is 5.82 Å². The second-order valence-corrected chi connectivity index (χ2v) is 7.31. The quantitative estimate of drug-likeness (QED) is 0.624. The molecular weight excluding hydrogens is 344 g/mol. The van der Waals surface area contributed by atoms with E-state index in [1.165, 1.54) is 11.8 Å². The highest BCUT2D eigenvalue weighted by Gasteiger charge is 2.13. The number of H-pyrrole nitrogens is 1. The summed E-state index contributed by atoms with van der Waals surface area (Å²) in [4.78, 5) is 16.8.